The van der Waals surface area contributed by atoms with Crippen LogP contribution in [-0.2, 0) is 32.5 Å². The van der Waals surface area contributed by atoms with Crippen LogP contribution in [0.5, 0.6) is 5.75 Å². The van der Waals surface area contributed by atoms with E-state index in [0.717, 1.165) is 22.9 Å². The minimum absolute atomic E-state index is 0.0377. The molecule has 2 heterocycles. The second kappa shape index (κ2) is 9.34. The molecule has 2 aromatic rings. The molecule has 12 heteroatoms. The zero-order valence-electron chi connectivity index (χ0n) is 18.2. The maximum atomic E-state index is 12.3. The molecule has 180 valence electrons. The molecule has 4 rings (SSSR count). The van der Waals surface area contributed by atoms with Crippen molar-refractivity contribution in [3.63, 3.8) is 0 Å². The van der Waals surface area contributed by atoms with Crippen molar-refractivity contribution >= 4 is 33.3 Å². The van der Waals surface area contributed by atoms with E-state index in [1.165, 1.54) is 6.07 Å². The van der Waals surface area contributed by atoms with Crippen molar-refractivity contribution in [2.75, 3.05) is 10.6 Å². The summed E-state index contributed by atoms with van der Waals surface area (Å²) in [6.07, 6.45) is 1.32. The third kappa shape index (κ3) is 5.14. The number of nitriles is 1. The van der Waals surface area contributed by atoms with Gasteiger partial charge in [-0.25, -0.2) is 0 Å². The van der Waals surface area contributed by atoms with E-state index in [1.807, 2.05) is 19.1 Å². The molecule has 0 aliphatic carbocycles. The summed E-state index contributed by atoms with van der Waals surface area (Å²) in [5.41, 5.74) is -0.828. The molecule has 2 N–H and O–H groups in total. The third-order valence-corrected chi connectivity index (χ3v) is 6.30. The van der Waals surface area contributed by atoms with Gasteiger partial charge < -0.3 is 14.8 Å². The Balaban J connectivity index is 0.000000202. The van der Waals surface area contributed by atoms with Gasteiger partial charge in [0.25, 0.3) is 0 Å². The Hall–Kier alpha value is -3.59. The molecule has 0 aromatic heterocycles. The Kier molecular flexibility index (Phi) is 6.88. The van der Waals surface area contributed by atoms with Gasteiger partial charge in [-0.15, -0.1) is 0 Å². The second-order valence-electron chi connectivity index (χ2n) is 7.71. The topological polar surface area (TPSA) is 125 Å². The number of nitrogens with one attached hydrogen (secondary N) is 2. The Morgan fingerprint density at radius 3 is 1.91 bits per heavy atom. The molecule has 0 fully saturated rings. The molecule has 0 bridgehead atoms. The maximum Gasteiger partial charge on any atom is 0.534 e. The van der Waals surface area contributed by atoms with E-state index in [1.54, 1.807) is 6.92 Å². The molecule has 0 spiro atoms. The van der Waals surface area contributed by atoms with Crippen molar-refractivity contribution in [3.8, 4) is 11.8 Å². The summed E-state index contributed by atoms with van der Waals surface area (Å²) in [4.78, 5) is 22.5. The molecule has 2 aromatic carbocycles. The number of hydrogen-bond donors (Lipinski definition) is 2. The molecule has 0 saturated heterocycles. The fourth-order valence-electron chi connectivity index (χ4n) is 3.60. The highest BCUT2D eigenvalue weighted by atomic mass is 32.2. The van der Waals surface area contributed by atoms with Gasteiger partial charge in [0, 0.05) is 24.1 Å². The van der Waals surface area contributed by atoms with Crippen LogP contribution in [0.3, 0.4) is 0 Å². The van der Waals surface area contributed by atoms with Gasteiger partial charge in [-0.3, -0.25) is 9.59 Å². The SMILES string of the molecule is Cc1ccc(C#N)c2c1NC(=O)CC2.Cc1ccc(OS(=O)(=O)C(F)(F)F)c2c1NC(=O)CC2. The third-order valence-electron chi connectivity index (χ3n) is 5.34. The van der Waals surface area contributed by atoms with Gasteiger partial charge in [-0.2, -0.15) is 26.9 Å². The van der Waals surface area contributed by atoms with E-state index in [4.69, 9.17) is 5.26 Å². The number of anilines is 2. The van der Waals surface area contributed by atoms with E-state index in [2.05, 4.69) is 20.9 Å². The number of carbonyl (C=O) groups excluding carboxylic acids is 2. The van der Waals surface area contributed by atoms with Gasteiger partial charge in [0.2, 0.25) is 11.8 Å². The molecule has 34 heavy (non-hydrogen) atoms. The van der Waals surface area contributed by atoms with Gasteiger partial charge in [0.1, 0.15) is 5.75 Å². The van der Waals surface area contributed by atoms with E-state index >= 15 is 0 Å². The average Bonchev–Trinajstić information content (AvgIpc) is 2.76. The van der Waals surface area contributed by atoms with Crippen LogP contribution in [0.2, 0.25) is 0 Å². The molecule has 0 unspecified atom stereocenters. The van der Waals surface area contributed by atoms with Crippen LogP contribution in [0.1, 0.15) is 40.7 Å². The number of aryl methyl sites for hydroxylation is 2. The van der Waals surface area contributed by atoms with E-state index in [-0.39, 0.29) is 30.2 Å². The Labute approximate surface area is 193 Å². The van der Waals surface area contributed by atoms with Crippen molar-refractivity contribution in [2.24, 2.45) is 0 Å². The van der Waals surface area contributed by atoms with E-state index < -0.39 is 21.4 Å². The van der Waals surface area contributed by atoms with Gasteiger partial charge in [0.15, 0.2) is 0 Å². The minimum atomic E-state index is -5.72. The van der Waals surface area contributed by atoms with Crippen molar-refractivity contribution in [2.45, 2.75) is 45.0 Å². The number of rotatable bonds is 2. The first-order valence-electron chi connectivity index (χ1n) is 10.1. The molecular formula is C22H20F3N3O5S. The van der Waals surface area contributed by atoms with Crippen LogP contribution in [0, 0.1) is 25.2 Å². The average molecular weight is 495 g/mol. The summed E-state index contributed by atoms with van der Waals surface area (Å²) in [7, 11) is -5.72. The number of fused-ring (bicyclic) bond motifs is 2. The van der Waals surface area contributed by atoms with Crippen molar-refractivity contribution in [3.05, 3.63) is 52.1 Å². The smallest absolute Gasteiger partial charge is 0.376 e. The molecule has 0 saturated carbocycles. The summed E-state index contributed by atoms with van der Waals surface area (Å²) in [5, 5.41) is 14.2. The van der Waals surface area contributed by atoms with Crippen LogP contribution >= 0.6 is 0 Å². The monoisotopic (exact) mass is 495 g/mol. The highest BCUT2D eigenvalue weighted by Crippen LogP contribution is 2.36. The lowest BCUT2D eigenvalue weighted by Crippen LogP contribution is -2.29. The van der Waals surface area contributed by atoms with Crippen molar-refractivity contribution in [1.82, 2.24) is 0 Å². The number of benzene rings is 2. The predicted molar refractivity (Wildman–Crippen MR) is 117 cm³/mol. The quantitative estimate of drug-likeness (QED) is 0.482. The lowest BCUT2D eigenvalue weighted by molar-refractivity contribution is -0.117. The highest BCUT2D eigenvalue weighted by molar-refractivity contribution is 7.88. The molecule has 2 aliphatic heterocycles. The first-order chi connectivity index (χ1) is 15.8. The Morgan fingerprint density at radius 1 is 0.882 bits per heavy atom. The first-order valence-corrected chi connectivity index (χ1v) is 11.5. The summed E-state index contributed by atoms with van der Waals surface area (Å²) in [5.74, 6) is -0.657. The van der Waals surface area contributed by atoms with Crippen LogP contribution in [0.25, 0.3) is 0 Å². The van der Waals surface area contributed by atoms with Crippen molar-refractivity contribution < 1.29 is 35.4 Å². The van der Waals surface area contributed by atoms with E-state index in [9.17, 15) is 31.2 Å². The summed E-state index contributed by atoms with van der Waals surface area (Å²) in [6.45, 7) is 3.58. The number of alkyl halides is 3. The maximum absolute atomic E-state index is 12.3. The van der Waals surface area contributed by atoms with Gasteiger partial charge in [-0.05, 0) is 55.5 Å². The summed E-state index contributed by atoms with van der Waals surface area (Å²) >= 11 is 0. The van der Waals surface area contributed by atoms with Crippen LogP contribution in [0.15, 0.2) is 24.3 Å². The second-order valence-corrected chi connectivity index (χ2v) is 9.25. The molecule has 0 atom stereocenters. The lowest BCUT2D eigenvalue weighted by atomic mass is 9.95. The molecule has 0 radical (unpaired) electrons. The Morgan fingerprint density at radius 2 is 1.38 bits per heavy atom. The fraction of sp³-hybridized carbons (Fsp3) is 0.318. The summed E-state index contributed by atoms with van der Waals surface area (Å²) < 4.78 is 63.1. The highest BCUT2D eigenvalue weighted by Gasteiger charge is 2.49. The minimum Gasteiger partial charge on any atom is -0.376 e. The van der Waals surface area contributed by atoms with Crippen LogP contribution < -0.4 is 14.8 Å². The molecule has 8 nitrogen and oxygen atoms in total. The van der Waals surface area contributed by atoms with Gasteiger partial charge in [0.05, 0.1) is 17.3 Å². The number of carbonyl (C=O) groups is 2. The molecule has 2 amide bonds. The Bertz CT molecular complexity index is 1310. The normalized spacial score (nSPS) is 14.9. The molecular weight excluding hydrogens is 475 g/mol. The zero-order chi connectivity index (χ0) is 25.3. The number of hydrogen-bond acceptors (Lipinski definition) is 6. The number of amides is 2. The standard InChI is InChI=1S/C11H10F3NO4S.C11H10N2O/c1-6-2-4-8(19-20(17,18)11(12,13)14)7-3-5-9(16)15-10(6)7;1-7-2-3-8(6-12)9-4-5-10(14)13-11(7)9/h2,4H,3,5H2,1H3,(H,15,16);2-3H,4-5H2,1H3,(H,13,14). The van der Waals surface area contributed by atoms with Crippen molar-refractivity contribution in [1.29, 1.82) is 5.26 Å². The lowest BCUT2D eigenvalue weighted by Gasteiger charge is -2.22. The summed E-state index contributed by atoms with van der Waals surface area (Å²) in [6, 6.07) is 8.35. The molecule has 2 aliphatic rings. The number of halogens is 3. The van der Waals surface area contributed by atoms with Crippen LogP contribution in [-0.4, -0.2) is 25.7 Å². The predicted octanol–water partition coefficient (Wildman–Crippen LogP) is 3.86. The van der Waals surface area contributed by atoms with Gasteiger partial charge >= 0.3 is 15.6 Å². The fourth-order valence-corrected chi connectivity index (χ4v) is 4.08. The zero-order valence-corrected chi connectivity index (χ0v) is 19.0. The first kappa shape index (κ1) is 25.0. The van der Waals surface area contributed by atoms with Crippen LogP contribution in [0.4, 0.5) is 24.5 Å². The number of nitrogens with zero attached hydrogens (tertiary/aromatic N) is 1. The largest absolute Gasteiger partial charge is 0.534 e. The van der Waals surface area contributed by atoms with E-state index in [0.29, 0.717) is 29.7 Å². The van der Waals surface area contributed by atoms with Gasteiger partial charge in [-0.1, -0.05) is 12.1 Å².